The lowest BCUT2D eigenvalue weighted by Gasteiger charge is -2.33. The Morgan fingerprint density at radius 3 is 2.67 bits per heavy atom. The molecular weight excluding hydrogens is 412 g/mol. The fraction of sp³-hybridized carbons (Fsp3) is 0.593. The van der Waals surface area contributed by atoms with Gasteiger partial charge < -0.3 is 9.88 Å². The van der Waals surface area contributed by atoms with E-state index in [0.717, 1.165) is 69.0 Å². The predicted molar refractivity (Wildman–Crippen MR) is 129 cm³/mol. The van der Waals surface area contributed by atoms with Crippen molar-refractivity contribution < 1.29 is 4.79 Å². The summed E-state index contributed by atoms with van der Waals surface area (Å²) in [5, 5.41) is 0. The number of rotatable bonds is 6. The fourth-order valence-corrected chi connectivity index (χ4v) is 5.95. The molecular formula is C27H36N4O2. The van der Waals surface area contributed by atoms with Crippen LogP contribution in [0.2, 0.25) is 0 Å². The lowest BCUT2D eigenvalue weighted by molar-refractivity contribution is -0.132. The zero-order chi connectivity index (χ0) is 22.6. The minimum Gasteiger partial charge on any atom is -0.333 e. The monoisotopic (exact) mass is 448 g/mol. The average molecular weight is 449 g/mol. The molecule has 3 aliphatic rings. The Kier molecular flexibility index (Phi) is 6.91. The number of benzene rings is 1. The van der Waals surface area contributed by atoms with Crippen molar-refractivity contribution in [2.45, 2.75) is 76.8 Å². The Morgan fingerprint density at radius 1 is 1.03 bits per heavy atom. The van der Waals surface area contributed by atoms with Gasteiger partial charge in [0.25, 0.3) is 5.56 Å². The van der Waals surface area contributed by atoms with Gasteiger partial charge >= 0.3 is 0 Å². The number of aromatic amines is 1. The van der Waals surface area contributed by atoms with E-state index >= 15 is 0 Å². The summed E-state index contributed by atoms with van der Waals surface area (Å²) in [6.45, 7) is 3.57. The van der Waals surface area contributed by atoms with Gasteiger partial charge in [-0.05, 0) is 50.0 Å². The van der Waals surface area contributed by atoms with Crippen LogP contribution in [0.25, 0.3) is 0 Å². The molecule has 1 atom stereocenters. The molecule has 2 aliphatic heterocycles. The van der Waals surface area contributed by atoms with Gasteiger partial charge in [-0.3, -0.25) is 14.5 Å². The average Bonchev–Trinajstić information content (AvgIpc) is 3.34. The molecule has 1 aliphatic carbocycles. The molecule has 6 nitrogen and oxygen atoms in total. The molecule has 0 unspecified atom stereocenters. The van der Waals surface area contributed by atoms with E-state index < -0.39 is 0 Å². The molecule has 33 heavy (non-hydrogen) atoms. The van der Waals surface area contributed by atoms with Crippen LogP contribution in [-0.4, -0.2) is 45.3 Å². The quantitative estimate of drug-likeness (QED) is 0.725. The summed E-state index contributed by atoms with van der Waals surface area (Å²) < 4.78 is 0. The molecule has 3 heterocycles. The number of carbonyl (C=O) groups excluding carboxylic acids is 1. The zero-order valence-corrected chi connectivity index (χ0v) is 19.6. The lowest BCUT2D eigenvalue weighted by atomic mass is 9.88. The number of H-pyrrole nitrogens is 1. The lowest BCUT2D eigenvalue weighted by Crippen LogP contribution is -2.39. The van der Waals surface area contributed by atoms with Crippen molar-refractivity contribution in [1.82, 2.24) is 19.8 Å². The van der Waals surface area contributed by atoms with Crippen LogP contribution in [0.3, 0.4) is 0 Å². The van der Waals surface area contributed by atoms with Crippen LogP contribution < -0.4 is 5.56 Å². The highest BCUT2D eigenvalue weighted by Crippen LogP contribution is 2.31. The van der Waals surface area contributed by atoms with Gasteiger partial charge in [-0.1, -0.05) is 49.6 Å². The van der Waals surface area contributed by atoms with Crippen LogP contribution in [-0.2, 0) is 24.2 Å². The van der Waals surface area contributed by atoms with Crippen LogP contribution in [0.5, 0.6) is 0 Å². The summed E-state index contributed by atoms with van der Waals surface area (Å²) in [7, 11) is 0. The van der Waals surface area contributed by atoms with Gasteiger partial charge in [-0.2, -0.15) is 0 Å². The Labute approximate surface area is 196 Å². The summed E-state index contributed by atoms with van der Waals surface area (Å²) in [5.41, 5.74) is 2.95. The maximum absolute atomic E-state index is 13.0. The highest BCUT2D eigenvalue weighted by atomic mass is 16.2. The topological polar surface area (TPSA) is 69.3 Å². The van der Waals surface area contributed by atoms with Gasteiger partial charge in [0.1, 0.15) is 5.82 Å². The summed E-state index contributed by atoms with van der Waals surface area (Å²) in [4.78, 5) is 38.4. The first-order chi connectivity index (χ1) is 16.2. The van der Waals surface area contributed by atoms with Crippen molar-refractivity contribution in [1.29, 1.82) is 0 Å². The highest BCUT2D eigenvalue weighted by Gasteiger charge is 2.33. The van der Waals surface area contributed by atoms with E-state index in [2.05, 4.69) is 22.0 Å². The largest absolute Gasteiger partial charge is 0.333 e. The molecule has 176 valence electrons. The van der Waals surface area contributed by atoms with Gasteiger partial charge in [0, 0.05) is 38.2 Å². The maximum atomic E-state index is 13.0. The van der Waals surface area contributed by atoms with E-state index in [0.29, 0.717) is 12.2 Å². The summed E-state index contributed by atoms with van der Waals surface area (Å²) in [6, 6.07) is 10.0. The Bertz CT molecular complexity index is 1010. The molecule has 0 spiro atoms. The van der Waals surface area contributed by atoms with E-state index in [1.165, 1.54) is 37.7 Å². The summed E-state index contributed by atoms with van der Waals surface area (Å²) in [5.74, 6) is 1.62. The first-order valence-corrected chi connectivity index (χ1v) is 12.8. The number of hydrogen-bond donors (Lipinski definition) is 1. The van der Waals surface area contributed by atoms with Crippen LogP contribution in [0.1, 0.15) is 80.1 Å². The predicted octanol–water partition coefficient (Wildman–Crippen LogP) is 4.00. The smallest absolute Gasteiger partial charge is 0.254 e. The second kappa shape index (κ2) is 10.2. The third-order valence-corrected chi connectivity index (χ3v) is 7.77. The van der Waals surface area contributed by atoms with Gasteiger partial charge in [-0.25, -0.2) is 4.98 Å². The normalized spacial score (nSPS) is 21.8. The van der Waals surface area contributed by atoms with Crippen molar-refractivity contribution in [3.05, 3.63) is 63.3 Å². The van der Waals surface area contributed by atoms with Crippen molar-refractivity contribution in [2.75, 3.05) is 19.6 Å². The summed E-state index contributed by atoms with van der Waals surface area (Å²) >= 11 is 0. The molecule has 6 heteroatoms. The molecule has 1 N–H and O–H groups in total. The van der Waals surface area contributed by atoms with E-state index in [-0.39, 0.29) is 17.5 Å². The van der Waals surface area contributed by atoms with E-state index in [1.54, 1.807) is 0 Å². The number of nitrogens with one attached hydrogen (secondary N) is 1. The van der Waals surface area contributed by atoms with Crippen LogP contribution in [0.4, 0.5) is 0 Å². The van der Waals surface area contributed by atoms with Crippen LogP contribution in [0, 0.1) is 5.92 Å². The second-order valence-corrected chi connectivity index (χ2v) is 10.1. The van der Waals surface area contributed by atoms with Gasteiger partial charge in [0.15, 0.2) is 0 Å². The van der Waals surface area contributed by atoms with Gasteiger partial charge in [-0.15, -0.1) is 0 Å². The number of fused-ring (bicyclic) bond motifs is 1. The maximum Gasteiger partial charge on any atom is 0.254 e. The van der Waals surface area contributed by atoms with E-state index in [9.17, 15) is 9.59 Å². The zero-order valence-electron chi connectivity index (χ0n) is 19.6. The van der Waals surface area contributed by atoms with Crippen LogP contribution in [0.15, 0.2) is 35.1 Å². The molecule has 1 aromatic heterocycles. The molecule has 1 amide bonds. The van der Waals surface area contributed by atoms with Crippen molar-refractivity contribution >= 4 is 5.91 Å². The van der Waals surface area contributed by atoms with E-state index in [1.807, 2.05) is 23.1 Å². The minimum atomic E-state index is -0.111. The van der Waals surface area contributed by atoms with Crippen LogP contribution >= 0.6 is 0 Å². The Hall–Kier alpha value is -2.47. The van der Waals surface area contributed by atoms with Crippen molar-refractivity contribution in [2.24, 2.45) is 5.92 Å². The first-order valence-electron chi connectivity index (χ1n) is 12.8. The van der Waals surface area contributed by atoms with E-state index in [4.69, 9.17) is 4.98 Å². The number of likely N-dealkylation sites (tertiary alicyclic amines) is 1. The SMILES string of the molecule is O=C(CCc1ccccc1)N1CCC[C@@H]1c1nc2c(c(=O)[nH]1)CCN(CC1CCCCC1)C2. The molecule has 5 rings (SSSR count). The molecule has 1 saturated heterocycles. The number of aryl methyl sites for hydroxylation is 1. The Balaban J connectivity index is 1.27. The standard InChI is InChI=1S/C27H36N4O2/c32-25(14-13-20-8-3-1-4-9-20)31-16-7-12-24(31)26-28-23-19-30(17-15-22(23)27(33)29-26)18-21-10-5-2-6-11-21/h1,3-4,8-9,21,24H,2,5-7,10-19H2,(H,28,29,33)/t24-/m1/s1. The molecule has 0 radical (unpaired) electrons. The summed E-state index contributed by atoms with van der Waals surface area (Å²) in [6.07, 6.45) is 10.6. The third-order valence-electron chi connectivity index (χ3n) is 7.77. The molecule has 0 bridgehead atoms. The molecule has 1 saturated carbocycles. The Morgan fingerprint density at radius 2 is 1.85 bits per heavy atom. The van der Waals surface area contributed by atoms with Gasteiger partial charge in [0.05, 0.1) is 11.7 Å². The second-order valence-electron chi connectivity index (χ2n) is 10.1. The third kappa shape index (κ3) is 5.21. The van der Waals surface area contributed by atoms with Gasteiger partial charge in [0.2, 0.25) is 5.91 Å². The number of carbonyl (C=O) groups is 1. The molecule has 1 aromatic carbocycles. The fourth-order valence-electron chi connectivity index (χ4n) is 5.95. The van der Waals surface area contributed by atoms with Crippen molar-refractivity contribution in [3.63, 3.8) is 0 Å². The molecule has 2 aromatic rings. The highest BCUT2D eigenvalue weighted by molar-refractivity contribution is 5.77. The number of hydrogen-bond acceptors (Lipinski definition) is 4. The minimum absolute atomic E-state index is 0.00380. The molecule has 2 fully saturated rings. The first kappa shape index (κ1) is 22.3. The number of aromatic nitrogens is 2. The number of nitrogens with zero attached hydrogens (tertiary/aromatic N) is 3. The van der Waals surface area contributed by atoms with Crippen molar-refractivity contribution in [3.8, 4) is 0 Å². The number of amides is 1.